The zero-order valence-electron chi connectivity index (χ0n) is 13.8. The Balaban J connectivity index is 1.52. The second-order valence-corrected chi connectivity index (χ2v) is 8.24. The van der Waals surface area contributed by atoms with Crippen LogP contribution in [0.2, 0.25) is 0 Å². The van der Waals surface area contributed by atoms with Gasteiger partial charge in [0, 0.05) is 0 Å². The highest BCUT2D eigenvalue weighted by atomic mass is 32.2. The molecular weight excluding hydrogens is 342 g/mol. The molecule has 1 saturated carbocycles. The van der Waals surface area contributed by atoms with E-state index in [-0.39, 0.29) is 18.1 Å². The molecule has 128 valence electrons. The van der Waals surface area contributed by atoms with Gasteiger partial charge in [-0.2, -0.15) is 0 Å². The van der Waals surface area contributed by atoms with Gasteiger partial charge in [-0.15, -0.1) is 5.10 Å². The second-order valence-electron chi connectivity index (χ2n) is 6.08. The summed E-state index contributed by atoms with van der Waals surface area (Å²) in [5.74, 6) is 0.933. The van der Waals surface area contributed by atoms with Crippen LogP contribution in [-0.4, -0.2) is 28.0 Å². The average Bonchev–Trinajstić information content (AvgIpc) is 3.31. The Hall–Kier alpha value is -1.60. The van der Waals surface area contributed by atoms with Gasteiger partial charge in [-0.25, -0.2) is 0 Å². The maximum Gasteiger partial charge on any atom is 0.295 e. The van der Waals surface area contributed by atoms with E-state index in [2.05, 4.69) is 27.6 Å². The van der Waals surface area contributed by atoms with Crippen molar-refractivity contribution >= 4 is 29.0 Å². The summed E-state index contributed by atoms with van der Waals surface area (Å²) >= 11 is 2.77. The van der Waals surface area contributed by atoms with Crippen molar-refractivity contribution in [2.24, 2.45) is 5.92 Å². The number of hydrogen-bond acceptors (Lipinski definition) is 6. The quantitative estimate of drug-likeness (QED) is 0.725. The lowest BCUT2D eigenvalue weighted by atomic mass is 10.0. The molecule has 0 aliphatic heterocycles. The number of aromatic nitrogens is 2. The highest BCUT2D eigenvalue weighted by Gasteiger charge is 2.33. The minimum atomic E-state index is 0.0299. The molecule has 2 aromatic rings. The molecule has 1 aliphatic rings. The molecule has 0 radical (unpaired) electrons. The van der Waals surface area contributed by atoms with Gasteiger partial charge < -0.3 is 10.1 Å². The minimum absolute atomic E-state index is 0.0299. The van der Waals surface area contributed by atoms with Gasteiger partial charge in [0.1, 0.15) is 0 Å². The van der Waals surface area contributed by atoms with Crippen molar-refractivity contribution in [3.05, 3.63) is 35.9 Å². The average molecular weight is 364 g/mol. The molecule has 1 aliphatic carbocycles. The zero-order valence-corrected chi connectivity index (χ0v) is 15.4. The SMILES string of the molecule is CC(C)Oc1nnc(SCC(=O)NC(c2ccccc2)C2CC2)s1. The number of hydrogen-bond donors (Lipinski definition) is 1. The van der Waals surface area contributed by atoms with Gasteiger partial charge in [-0.1, -0.05) is 47.2 Å². The fourth-order valence-corrected chi connectivity index (χ4v) is 4.03. The Morgan fingerprint density at radius 1 is 1.33 bits per heavy atom. The number of amides is 1. The first-order chi connectivity index (χ1) is 11.6. The van der Waals surface area contributed by atoms with Crippen LogP contribution >= 0.6 is 23.1 Å². The molecule has 1 atom stereocenters. The molecule has 0 saturated heterocycles. The molecule has 1 heterocycles. The van der Waals surface area contributed by atoms with Crippen LogP contribution in [0.1, 0.15) is 38.3 Å². The van der Waals surface area contributed by atoms with Crippen LogP contribution in [0.3, 0.4) is 0 Å². The van der Waals surface area contributed by atoms with Crippen LogP contribution in [0.5, 0.6) is 5.19 Å². The molecule has 24 heavy (non-hydrogen) atoms. The van der Waals surface area contributed by atoms with E-state index < -0.39 is 0 Å². The summed E-state index contributed by atoms with van der Waals surface area (Å²) in [5, 5.41) is 11.7. The highest BCUT2D eigenvalue weighted by molar-refractivity contribution is 8.01. The van der Waals surface area contributed by atoms with Gasteiger partial charge in [-0.05, 0) is 49.5 Å². The molecule has 1 aromatic carbocycles. The van der Waals surface area contributed by atoms with Crippen LogP contribution in [-0.2, 0) is 4.79 Å². The maximum atomic E-state index is 12.3. The fourth-order valence-electron chi connectivity index (χ4n) is 2.41. The van der Waals surface area contributed by atoms with Gasteiger partial charge in [0.25, 0.3) is 5.19 Å². The number of thioether (sulfide) groups is 1. The number of rotatable bonds is 8. The van der Waals surface area contributed by atoms with Crippen molar-refractivity contribution in [2.45, 2.75) is 43.2 Å². The molecule has 5 nitrogen and oxygen atoms in total. The van der Waals surface area contributed by atoms with Crippen LogP contribution in [0.25, 0.3) is 0 Å². The lowest BCUT2D eigenvalue weighted by molar-refractivity contribution is -0.119. The molecule has 3 rings (SSSR count). The smallest absolute Gasteiger partial charge is 0.295 e. The Kier molecular flexibility index (Phi) is 5.73. The lowest BCUT2D eigenvalue weighted by Gasteiger charge is -2.18. The third kappa shape index (κ3) is 4.95. The first-order valence-electron chi connectivity index (χ1n) is 8.09. The first kappa shape index (κ1) is 17.2. The molecule has 1 unspecified atom stereocenters. The Bertz CT molecular complexity index is 671. The van der Waals surface area contributed by atoms with Crippen LogP contribution in [0.4, 0.5) is 0 Å². The summed E-state index contributed by atoms with van der Waals surface area (Å²) in [4.78, 5) is 12.3. The van der Waals surface area contributed by atoms with Crippen molar-refractivity contribution in [3.63, 3.8) is 0 Å². The molecule has 7 heteroatoms. The maximum absolute atomic E-state index is 12.3. The van der Waals surface area contributed by atoms with E-state index in [1.165, 1.54) is 41.5 Å². The number of nitrogens with one attached hydrogen (secondary N) is 1. The van der Waals surface area contributed by atoms with Gasteiger partial charge in [-0.3, -0.25) is 4.79 Å². The molecule has 1 N–H and O–H groups in total. The van der Waals surface area contributed by atoms with Crippen molar-refractivity contribution in [1.82, 2.24) is 15.5 Å². The Morgan fingerprint density at radius 2 is 2.08 bits per heavy atom. The molecule has 1 aromatic heterocycles. The third-order valence-corrected chi connectivity index (χ3v) is 5.57. The summed E-state index contributed by atoms with van der Waals surface area (Å²) in [6.45, 7) is 3.90. The Morgan fingerprint density at radius 3 is 2.75 bits per heavy atom. The number of carbonyl (C=O) groups excluding carboxylic acids is 1. The van der Waals surface area contributed by atoms with Crippen molar-refractivity contribution < 1.29 is 9.53 Å². The van der Waals surface area contributed by atoms with Crippen LogP contribution in [0, 0.1) is 5.92 Å². The van der Waals surface area contributed by atoms with E-state index >= 15 is 0 Å². The number of benzene rings is 1. The molecular formula is C17H21N3O2S2. The molecule has 1 fully saturated rings. The number of nitrogens with zero attached hydrogens (tertiary/aromatic N) is 2. The molecule has 0 bridgehead atoms. The van der Waals surface area contributed by atoms with E-state index in [1.807, 2.05) is 32.0 Å². The summed E-state index contributed by atoms with van der Waals surface area (Å²) in [7, 11) is 0. The van der Waals surface area contributed by atoms with Crippen molar-refractivity contribution in [1.29, 1.82) is 0 Å². The largest absolute Gasteiger partial charge is 0.466 e. The summed E-state index contributed by atoms with van der Waals surface area (Å²) in [6, 6.07) is 10.3. The molecule has 1 amide bonds. The topological polar surface area (TPSA) is 64.1 Å². The minimum Gasteiger partial charge on any atom is -0.466 e. The van der Waals surface area contributed by atoms with Crippen LogP contribution < -0.4 is 10.1 Å². The van der Waals surface area contributed by atoms with E-state index in [0.29, 0.717) is 16.9 Å². The summed E-state index contributed by atoms with van der Waals surface area (Å²) in [5.41, 5.74) is 1.18. The lowest BCUT2D eigenvalue weighted by Crippen LogP contribution is -2.31. The van der Waals surface area contributed by atoms with Gasteiger partial charge in [0.15, 0.2) is 4.34 Å². The summed E-state index contributed by atoms with van der Waals surface area (Å²) < 4.78 is 6.25. The van der Waals surface area contributed by atoms with Crippen molar-refractivity contribution in [2.75, 3.05) is 5.75 Å². The third-order valence-electron chi connectivity index (χ3n) is 3.62. The number of carbonyl (C=O) groups is 1. The van der Waals surface area contributed by atoms with E-state index in [4.69, 9.17) is 4.74 Å². The highest BCUT2D eigenvalue weighted by Crippen LogP contribution is 2.41. The van der Waals surface area contributed by atoms with Crippen LogP contribution in [0.15, 0.2) is 34.7 Å². The summed E-state index contributed by atoms with van der Waals surface area (Å²) in [6.07, 6.45) is 2.43. The van der Waals surface area contributed by atoms with E-state index in [0.717, 1.165) is 4.34 Å². The van der Waals surface area contributed by atoms with Gasteiger partial charge in [0.05, 0.1) is 17.9 Å². The number of ether oxygens (including phenoxy) is 1. The van der Waals surface area contributed by atoms with Gasteiger partial charge >= 0.3 is 0 Å². The second kappa shape index (κ2) is 7.98. The zero-order chi connectivity index (χ0) is 16.9. The van der Waals surface area contributed by atoms with Crippen molar-refractivity contribution in [3.8, 4) is 5.19 Å². The fraction of sp³-hybridized carbons (Fsp3) is 0.471. The standard InChI is InChI=1S/C17H21N3O2S2/c1-11(2)22-16-19-20-17(24-16)23-10-14(21)18-15(13-8-9-13)12-6-4-3-5-7-12/h3-7,11,13,15H,8-10H2,1-2H3,(H,18,21). The normalized spacial score (nSPS) is 15.3. The monoisotopic (exact) mass is 363 g/mol. The Labute approximate surface area is 150 Å². The predicted molar refractivity (Wildman–Crippen MR) is 96.4 cm³/mol. The van der Waals surface area contributed by atoms with E-state index in [1.54, 1.807) is 0 Å². The molecule has 0 spiro atoms. The predicted octanol–water partition coefficient (Wildman–Crippen LogP) is 3.68. The van der Waals surface area contributed by atoms with Gasteiger partial charge in [0.2, 0.25) is 5.91 Å². The first-order valence-corrected chi connectivity index (χ1v) is 9.89. The van der Waals surface area contributed by atoms with E-state index in [9.17, 15) is 4.79 Å².